The molecule has 0 aromatic heterocycles. The number of aliphatic hydroxyl groups is 1. The van der Waals surface area contributed by atoms with Crippen LogP contribution in [0.25, 0.3) is 0 Å². The van der Waals surface area contributed by atoms with E-state index in [2.05, 4.69) is 5.32 Å². The molecule has 0 saturated carbocycles. The topological polar surface area (TPSA) is 58.6 Å². The van der Waals surface area contributed by atoms with Crippen molar-refractivity contribution >= 4 is 11.6 Å². The number of nitrogens with one attached hydrogen (secondary N) is 1. The van der Waals surface area contributed by atoms with Crippen LogP contribution in [0, 0.1) is 0 Å². The van der Waals surface area contributed by atoms with Crippen molar-refractivity contribution in [3.63, 3.8) is 0 Å². The van der Waals surface area contributed by atoms with Crippen LogP contribution in [0.1, 0.15) is 12.8 Å². The van der Waals surface area contributed by atoms with Crippen molar-refractivity contribution in [2.45, 2.75) is 12.8 Å². The van der Waals surface area contributed by atoms with Gasteiger partial charge in [-0.1, -0.05) is 18.2 Å². The van der Waals surface area contributed by atoms with Gasteiger partial charge in [0.1, 0.15) is 11.5 Å². The number of carbonyl (C=O) groups excluding carboxylic acids is 1. The number of ether oxygens (including phenoxy) is 1. The van der Waals surface area contributed by atoms with Gasteiger partial charge in [0, 0.05) is 18.7 Å². The maximum Gasteiger partial charge on any atom is 0.224 e. The third-order valence-electron chi connectivity index (χ3n) is 2.68. The van der Waals surface area contributed by atoms with Crippen LogP contribution in [0.5, 0.6) is 11.5 Å². The molecule has 0 spiro atoms. The molecule has 0 atom stereocenters. The second-order valence-electron chi connectivity index (χ2n) is 4.31. The maximum absolute atomic E-state index is 11.5. The second-order valence-corrected chi connectivity index (χ2v) is 4.31. The van der Waals surface area contributed by atoms with E-state index in [1.165, 1.54) is 0 Å². The first kappa shape index (κ1) is 14.1. The molecule has 2 aromatic carbocycles. The Kier molecular flexibility index (Phi) is 5.15. The molecule has 2 rings (SSSR count). The van der Waals surface area contributed by atoms with Gasteiger partial charge in [-0.3, -0.25) is 4.79 Å². The van der Waals surface area contributed by atoms with Crippen molar-refractivity contribution in [2.75, 3.05) is 11.9 Å². The SMILES string of the molecule is O=C(CCCO)Nc1ccc(Oc2ccccc2)cc1. The summed E-state index contributed by atoms with van der Waals surface area (Å²) in [6.45, 7) is 0.0251. The Morgan fingerprint density at radius 2 is 1.65 bits per heavy atom. The van der Waals surface area contributed by atoms with Gasteiger partial charge in [-0.15, -0.1) is 0 Å². The van der Waals surface area contributed by atoms with Gasteiger partial charge >= 0.3 is 0 Å². The van der Waals surface area contributed by atoms with E-state index in [1.54, 1.807) is 24.3 Å². The Balaban J connectivity index is 1.91. The van der Waals surface area contributed by atoms with Gasteiger partial charge in [-0.05, 0) is 42.8 Å². The fourth-order valence-electron chi connectivity index (χ4n) is 1.69. The Hall–Kier alpha value is -2.33. The van der Waals surface area contributed by atoms with Gasteiger partial charge in [0.05, 0.1) is 0 Å². The molecule has 0 aliphatic rings. The van der Waals surface area contributed by atoms with Gasteiger partial charge in [0.25, 0.3) is 0 Å². The summed E-state index contributed by atoms with van der Waals surface area (Å²) in [6, 6.07) is 16.7. The molecule has 2 aromatic rings. The van der Waals surface area contributed by atoms with Crippen LogP contribution in [0.4, 0.5) is 5.69 Å². The van der Waals surface area contributed by atoms with E-state index >= 15 is 0 Å². The van der Waals surface area contributed by atoms with E-state index in [4.69, 9.17) is 9.84 Å². The Morgan fingerprint density at radius 3 is 2.30 bits per heavy atom. The zero-order valence-electron chi connectivity index (χ0n) is 11.1. The molecule has 0 heterocycles. The molecule has 0 fully saturated rings. The van der Waals surface area contributed by atoms with E-state index in [0.29, 0.717) is 24.3 Å². The molecule has 20 heavy (non-hydrogen) atoms. The minimum atomic E-state index is -0.101. The monoisotopic (exact) mass is 271 g/mol. The quantitative estimate of drug-likeness (QED) is 0.848. The highest BCUT2D eigenvalue weighted by Gasteiger charge is 2.02. The zero-order valence-corrected chi connectivity index (χ0v) is 11.1. The maximum atomic E-state index is 11.5. The van der Waals surface area contributed by atoms with Crippen molar-refractivity contribution in [1.29, 1.82) is 0 Å². The molecule has 0 radical (unpaired) electrons. The van der Waals surface area contributed by atoms with Crippen molar-refractivity contribution in [1.82, 2.24) is 0 Å². The van der Waals surface area contributed by atoms with E-state index in [0.717, 1.165) is 5.75 Å². The first-order valence-electron chi connectivity index (χ1n) is 6.51. The van der Waals surface area contributed by atoms with Gasteiger partial charge in [-0.2, -0.15) is 0 Å². The third kappa shape index (κ3) is 4.40. The number of rotatable bonds is 6. The van der Waals surface area contributed by atoms with Gasteiger partial charge in [0.2, 0.25) is 5.91 Å². The molecule has 4 heteroatoms. The predicted octanol–water partition coefficient (Wildman–Crippen LogP) is 3.19. The highest BCUT2D eigenvalue weighted by Crippen LogP contribution is 2.22. The Morgan fingerprint density at radius 1 is 1.00 bits per heavy atom. The molecule has 0 aliphatic heterocycles. The summed E-state index contributed by atoms with van der Waals surface area (Å²) < 4.78 is 5.66. The third-order valence-corrected chi connectivity index (χ3v) is 2.68. The second kappa shape index (κ2) is 7.31. The number of hydrogen-bond donors (Lipinski definition) is 2. The van der Waals surface area contributed by atoms with E-state index < -0.39 is 0 Å². The van der Waals surface area contributed by atoms with E-state index in [9.17, 15) is 4.79 Å². The summed E-state index contributed by atoms with van der Waals surface area (Å²) in [4.78, 5) is 11.5. The smallest absolute Gasteiger partial charge is 0.224 e. The van der Waals surface area contributed by atoms with Crippen molar-refractivity contribution in [3.05, 3.63) is 54.6 Å². The normalized spacial score (nSPS) is 10.1. The van der Waals surface area contributed by atoms with Gasteiger partial charge < -0.3 is 15.2 Å². The Labute approximate surface area is 118 Å². The van der Waals surface area contributed by atoms with Crippen LogP contribution in [0.15, 0.2) is 54.6 Å². The van der Waals surface area contributed by atoms with E-state index in [-0.39, 0.29) is 12.5 Å². The lowest BCUT2D eigenvalue weighted by atomic mass is 10.2. The molecule has 104 valence electrons. The molecular weight excluding hydrogens is 254 g/mol. The van der Waals surface area contributed by atoms with Crippen molar-refractivity contribution in [3.8, 4) is 11.5 Å². The fraction of sp³-hybridized carbons (Fsp3) is 0.188. The molecule has 1 amide bonds. The predicted molar refractivity (Wildman–Crippen MR) is 77.9 cm³/mol. The minimum Gasteiger partial charge on any atom is -0.457 e. The van der Waals surface area contributed by atoms with Crippen LogP contribution in [-0.4, -0.2) is 17.6 Å². The summed E-state index contributed by atoms with van der Waals surface area (Å²) in [5.41, 5.74) is 0.716. The summed E-state index contributed by atoms with van der Waals surface area (Å²) in [6.07, 6.45) is 0.791. The molecule has 0 saturated heterocycles. The molecule has 2 N–H and O–H groups in total. The average Bonchev–Trinajstić information content (AvgIpc) is 2.48. The number of para-hydroxylation sites is 1. The Bertz CT molecular complexity index is 537. The number of hydrogen-bond acceptors (Lipinski definition) is 3. The lowest BCUT2D eigenvalue weighted by Crippen LogP contribution is -2.11. The van der Waals surface area contributed by atoms with E-state index in [1.807, 2.05) is 30.3 Å². The van der Waals surface area contributed by atoms with Crippen LogP contribution in [0.2, 0.25) is 0 Å². The molecule has 0 aliphatic carbocycles. The number of benzene rings is 2. The largest absolute Gasteiger partial charge is 0.457 e. The van der Waals surface area contributed by atoms with Crippen molar-refractivity contribution in [2.24, 2.45) is 0 Å². The summed E-state index contributed by atoms with van der Waals surface area (Å²) in [7, 11) is 0. The molecule has 0 bridgehead atoms. The van der Waals surface area contributed by atoms with Gasteiger partial charge in [-0.25, -0.2) is 0 Å². The summed E-state index contributed by atoms with van der Waals surface area (Å²) in [5, 5.41) is 11.4. The van der Waals surface area contributed by atoms with Crippen LogP contribution in [0.3, 0.4) is 0 Å². The standard InChI is InChI=1S/C16H17NO3/c18-12-4-7-16(19)17-13-8-10-15(11-9-13)20-14-5-2-1-3-6-14/h1-3,5-6,8-11,18H,4,7,12H2,(H,17,19). The lowest BCUT2D eigenvalue weighted by molar-refractivity contribution is -0.116. The summed E-state index contributed by atoms with van der Waals surface area (Å²) in [5.74, 6) is 1.38. The average molecular weight is 271 g/mol. The molecular formula is C16H17NO3. The fourth-order valence-corrected chi connectivity index (χ4v) is 1.69. The molecule has 4 nitrogen and oxygen atoms in total. The van der Waals surface area contributed by atoms with Gasteiger partial charge in [0.15, 0.2) is 0 Å². The number of anilines is 1. The number of aliphatic hydroxyl groups excluding tert-OH is 1. The first-order valence-corrected chi connectivity index (χ1v) is 6.51. The number of carbonyl (C=O) groups is 1. The first-order chi connectivity index (χ1) is 9.78. The van der Waals surface area contributed by atoms with Crippen LogP contribution in [-0.2, 0) is 4.79 Å². The number of amides is 1. The zero-order chi connectivity index (χ0) is 14.2. The van der Waals surface area contributed by atoms with Crippen LogP contribution >= 0.6 is 0 Å². The highest BCUT2D eigenvalue weighted by molar-refractivity contribution is 5.90. The highest BCUT2D eigenvalue weighted by atomic mass is 16.5. The minimum absolute atomic E-state index is 0.0251. The molecule has 0 unspecified atom stereocenters. The summed E-state index contributed by atoms with van der Waals surface area (Å²) >= 11 is 0. The van der Waals surface area contributed by atoms with Crippen molar-refractivity contribution < 1.29 is 14.6 Å². The van der Waals surface area contributed by atoms with Crippen LogP contribution < -0.4 is 10.1 Å². The lowest BCUT2D eigenvalue weighted by Gasteiger charge is -2.07.